The average molecular weight is 249 g/mol. The van der Waals surface area contributed by atoms with E-state index in [0.29, 0.717) is 11.7 Å². The molecule has 0 aliphatic rings. The number of amides is 1. The Kier molecular flexibility index (Phi) is 9.00. The molecule has 0 aliphatic heterocycles. The Balaban J connectivity index is 3.65. The number of hydrogen-bond donors (Lipinski definition) is 2. The normalized spacial score (nSPS) is 12.4. The Labute approximate surface area is 101 Å². The van der Waals surface area contributed by atoms with Crippen LogP contribution in [0.2, 0.25) is 0 Å². The average Bonchev–Trinajstić information content (AvgIpc) is 2.11. The van der Waals surface area contributed by atoms with Crippen molar-refractivity contribution in [2.75, 3.05) is 5.75 Å². The summed E-state index contributed by atoms with van der Waals surface area (Å²) in [6.45, 7) is 1.58. The Bertz CT molecular complexity index is 210. The summed E-state index contributed by atoms with van der Waals surface area (Å²) in [5.41, 5.74) is 5.04. The molecule has 88 valence electrons. The van der Waals surface area contributed by atoms with Crippen molar-refractivity contribution in [3.63, 3.8) is 0 Å². The van der Waals surface area contributed by atoms with Crippen molar-refractivity contribution in [1.82, 2.24) is 0 Å². The molecular weight excluding hydrogens is 230 g/mol. The summed E-state index contributed by atoms with van der Waals surface area (Å²) < 4.78 is 0. The summed E-state index contributed by atoms with van der Waals surface area (Å²) in [4.78, 5) is 21.4. The third-order valence-electron chi connectivity index (χ3n) is 1.98. The van der Waals surface area contributed by atoms with Gasteiger partial charge in [-0.1, -0.05) is 18.2 Å². The minimum atomic E-state index is -0.250. The van der Waals surface area contributed by atoms with E-state index in [9.17, 15) is 9.59 Å². The highest BCUT2D eigenvalue weighted by Crippen LogP contribution is 2.22. The van der Waals surface area contributed by atoms with Gasteiger partial charge in [-0.05, 0) is 25.0 Å². The van der Waals surface area contributed by atoms with Crippen molar-refractivity contribution in [3.05, 3.63) is 0 Å². The van der Waals surface area contributed by atoms with Gasteiger partial charge in [0.05, 0.1) is 0 Å². The van der Waals surface area contributed by atoms with Crippen molar-refractivity contribution in [2.45, 2.75) is 44.3 Å². The fourth-order valence-electron chi connectivity index (χ4n) is 1.31. The molecule has 1 amide bonds. The summed E-state index contributed by atoms with van der Waals surface area (Å²) in [6, 6.07) is 0. The van der Waals surface area contributed by atoms with E-state index in [0.717, 1.165) is 31.4 Å². The van der Waals surface area contributed by atoms with Crippen molar-refractivity contribution in [3.8, 4) is 0 Å². The molecule has 0 aromatic heterocycles. The second kappa shape index (κ2) is 9.09. The zero-order valence-corrected chi connectivity index (χ0v) is 10.8. The van der Waals surface area contributed by atoms with E-state index in [1.54, 1.807) is 6.92 Å². The predicted octanol–water partition coefficient (Wildman–Crippen LogP) is 2.00. The number of hydrogen-bond acceptors (Lipinski definition) is 4. The zero-order chi connectivity index (χ0) is 11.7. The van der Waals surface area contributed by atoms with Gasteiger partial charge in [0.1, 0.15) is 0 Å². The lowest BCUT2D eigenvalue weighted by Gasteiger charge is -2.12. The van der Waals surface area contributed by atoms with Crippen LogP contribution in [-0.2, 0) is 9.59 Å². The SMILES string of the molecule is CC(=O)S[C@@H](CCS)CCCCC(N)=O. The summed E-state index contributed by atoms with van der Waals surface area (Å²) >= 11 is 5.54. The standard InChI is InChI=1S/C10H19NO2S2/c1-8(12)15-9(6-7-14)4-2-3-5-10(11)13/h9,14H,2-7H2,1H3,(H2,11,13)/t9-/m1/s1. The molecular formula is C10H19NO2S2. The van der Waals surface area contributed by atoms with Gasteiger partial charge in [-0.2, -0.15) is 12.6 Å². The van der Waals surface area contributed by atoms with E-state index >= 15 is 0 Å². The summed E-state index contributed by atoms with van der Waals surface area (Å²) in [7, 11) is 0. The maximum atomic E-state index is 10.9. The molecule has 0 saturated carbocycles. The van der Waals surface area contributed by atoms with Gasteiger partial charge in [0, 0.05) is 18.6 Å². The van der Waals surface area contributed by atoms with Gasteiger partial charge in [0.15, 0.2) is 5.12 Å². The highest BCUT2D eigenvalue weighted by Gasteiger charge is 2.11. The topological polar surface area (TPSA) is 60.2 Å². The minimum Gasteiger partial charge on any atom is -0.370 e. The van der Waals surface area contributed by atoms with E-state index in [-0.39, 0.29) is 11.0 Å². The zero-order valence-electron chi connectivity index (χ0n) is 9.07. The maximum absolute atomic E-state index is 10.9. The monoisotopic (exact) mass is 249 g/mol. The molecule has 2 N–H and O–H groups in total. The molecule has 0 aliphatic carbocycles. The summed E-state index contributed by atoms with van der Waals surface area (Å²) in [5.74, 6) is 0.542. The molecule has 0 spiro atoms. The molecule has 1 atom stereocenters. The van der Waals surface area contributed by atoms with Crippen LogP contribution < -0.4 is 5.73 Å². The van der Waals surface area contributed by atoms with Crippen LogP contribution in [0.25, 0.3) is 0 Å². The van der Waals surface area contributed by atoms with Crippen LogP contribution in [0, 0.1) is 0 Å². The molecule has 5 heteroatoms. The molecule has 0 aromatic rings. The molecule has 0 radical (unpaired) electrons. The molecule has 0 unspecified atom stereocenters. The van der Waals surface area contributed by atoms with Gasteiger partial charge in [-0.3, -0.25) is 9.59 Å². The van der Waals surface area contributed by atoms with Gasteiger partial charge in [0.2, 0.25) is 5.91 Å². The van der Waals surface area contributed by atoms with Crippen LogP contribution >= 0.6 is 24.4 Å². The Morgan fingerprint density at radius 1 is 1.33 bits per heavy atom. The molecule has 0 bridgehead atoms. The van der Waals surface area contributed by atoms with E-state index in [1.165, 1.54) is 11.8 Å². The van der Waals surface area contributed by atoms with Gasteiger partial charge in [-0.15, -0.1) is 0 Å². The van der Waals surface area contributed by atoms with E-state index in [2.05, 4.69) is 12.6 Å². The first-order chi connectivity index (χ1) is 7.06. The molecule has 0 rings (SSSR count). The number of carbonyl (C=O) groups excluding carboxylic acids is 2. The summed E-state index contributed by atoms with van der Waals surface area (Å²) in [6.07, 6.45) is 4.10. The fraction of sp³-hybridized carbons (Fsp3) is 0.800. The second-order valence-corrected chi connectivity index (χ2v) is 5.38. The largest absolute Gasteiger partial charge is 0.370 e. The number of unbranched alkanes of at least 4 members (excludes halogenated alkanes) is 1. The van der Waals surface area contributed by atoms with E-state index in [4.69, 9.17) is 5.73 Å². The Hall–Kier alpha value is -0.160. The van der Waals surface area contributed by atoms with Crippen molar-refractivity contribution >= 4 is 35.4 Å². The molecule has 3 nitrogen and oxygen atoms in total. The van der Waals surface area contributed by atoms with Crippen LogP contribution in [0.15, 0.2) is 0 Å². The highest BCUT2D eigenvalue weighted by molar-refractivity contribution is 8.14. The van der Waals surface area contributed by atoms with Crippen LogP contribution in [0.3, 0.4) is 0 Å². The Morgan fingerprint density at radius 2 is 2.00 bits per heavy atom. The van der Waals surface area contributed by atoms with Gasteiger partial charge < -0.3 is 5.73 Å². The number of rotatable bonds is 8. The van der Waals surface area contributed by atoms with Crippen LogP contribution in [0.1, 0.15) is 39.0 Å². The first kappa shape index (κ1) is 14.8. The van der Waals surface area contributed by atoms with E-state index < -0.39 is 0 Å². The smallest absolute Gasteiger partial charge is 0.217 e. The molecule has 0 aromatic carbocycles. The predicted molar refractivity (Wildman–Crippen MR) is 68.2 cm³/mol. The molecule has 0 saturated heterocycles. The lowest BCUT2D eigenvalue weighted by Crippen LogP contribution is -2.11. The van der Waals surface area contributed by atoms with E-state index in [1.807, 2.05) is 0 Å². The molecule has 15 heavy (non-hydrogen) atoms. The number of primary amides is 1. The lowest BCUT2D eigenvalue weighted by molar-refractivity contribution is -0.118. The van der Waals surface area contributed by atoms with Gasteiger partial charge in [-0.25, -0.2) is 0 Å². The third-order valence-corrected chi connectivity index (χ3v) is 3.38. The van der Waals surface area contributed by atoms with Crippen molar-refractivity contribution in [2.24, 2.45) is 5.73 Å². The number of thiol groups is 1. The molecule has 0 fully saturated rings. The summed E-state index contributed by atoms with van der Waals surface area (Å²) in [5, 5.41) is 0.490. The van der Waals surface area contributed by atoms with Crippen LogP contribution in [0.4, 0.5) is 0 Å². The maximum Gasteiger partial charge on any atom is 0.217 e. The number of nitrogens with two attached hydrogens (primary N) is 1. The first-order valence-electron chi connectivity index (χ1n) is 5.12. The number of carbonyl (C=O) groups is 2. The lowest BCUT2D eigenvalue weighted by atomic mass is 10.1. The third kappa shape index (κ3) is 10.1. The highest BCUT2D eigenvalue weighted by atomic mass is 32.2. The molecule has 0 heterocycles. The Morgan fingerprint density at radius 3 is 2.47 bits per heavy atom. The van der Waals surface area contributed by atoms with Gasteiger partial charge in [0.25, 0.3) is 0 Å². The van der Waals surface area contributed by atoms with Crippen molar-refractivity contribution < 1.29 is 9.59 Å². The van der Waals surface area contributed by atoms with Gasteiger partial charge >= 0.3 is 0 Å². The van der Waals surface area contributed by atoms with Crippen LogP contribution in [-0.4, -0.2) is 22.0 Å². The fourth-order valence-corrected chi connectivity index (χ4v) is 2.79. The van der Waals surface area contributed by atoms with Crippen molar-refractivity contribution in [1.29, 1.82) is 0 Å². The first-order valence-corrected chi connectivity index (χ1v) is 6.64. The van der Waals surface area contributed by atoms with Crippen LogP contribution in [0.5, 0.6) is 0 Å². The second-order valence-electron chi connectivity index (χ2n) is 3.46. The minimum absolute atomic E-state index is 0.150. The quantitative estimate of drug-likeness (QED) is 0.511. The number of thioether (sulfide) groups is 1.